The van der Waals surface area contributed by atoms with E-state index in [0.29, 0.717) is 8.67 Å². The zero-order chi connectivity index (χ0) is 14.0. The Labute approximate surface area is 134 Å². The van der Waals surface area contributed by atoms with Gasteiger partial charge in [-0.2, -0.15) is 0 Å². The van der Waals surface area contributed by atoms with Crippen LogP contribution in [0.2, 0.25) is 8.67 Å². The van der Waals surface area contributed by atoms with Gasteiger partial charge in [0, 0.05) is 17.3 Å². The summed E-state index contributed by atoms with van der Waals surface area (Å²) in [5.74, 6) is 0.784. The smallest absolute Gasteiger partial charge is 0.135 e. The van der Waals surface area contributed by atoms with Gasteiger partial charge in [0.1, 0.15) is 5.75 Å². The second-order valence-corrected chi connectivity index (χ2v) is 7.13. The lowest BCUT2D eigenvalue weighted by molar-refractivity contribution is 0.412. The van der Waals surface area contributed by atoms with Crippen molar-refractivity contribution < 1.29 is 4.74 Å². The van der Waals surface area contributed by atoms with Gasteiger partial charge in [0.25, 0.3) is 0 Å². The van der Waals surface area contributed by atoms with Crippen molar-refractivity contribution in [3.8, 4) is 5.75 Å². The summed E-state index contributed by atoms with van der Waals surface area (Å²) in [5.41, 5.74) is 1.96. The highest BCUT2D eigenvalue weighted by molar-refractivity contribution is 9.10. The average Bonchev–Trinajstić information content (AvgIpc) is 2.71. The van der Waals surface area contributed by atoms with Crippen LogP contribution in [0.5, 0.6) is 5.75 Å². The van der Waals surface area contributed by atoms with Crippen LogP contribution in [0.25, 0.3) is 0 Å². The highest BCUT2D eigenvalue weighted by Gasteiger charge is 2.13. The van der Waals surface area contributed by atoms with Gasteiger partial charge in [-0.05, 0) is 41.1 Å². The topological polar surface area (TPSA) is 21.3 Å². The minimum Gasteiger partial charge on any atom is -0.495 e. The predicted octanol–water partition coefficient (Wildman–Crippen LogP) is 6.00. The van der Waals surface area contributed by atoms with Gasteiger partial charge in [-0.3, -0.25) is 0 Å². The Balaban J connectivity index is 2.19. The predicted molar refractivity (Wildman–Crippen MR) is 87.1 cm³/mol. The van der Waals surface area contributed by atoms with Crippen molar-refractivity contribution in [1.29, 1.82) is 0 Å². The molecule has 2 nitrogen and oxygen atoms in total. The quantitative estimate of drug-likeness (QED) is 0.702. The van der Waals surface area contributed by atoms with E-state index in [1.165, 1.54) is 11.3 Å². The number of ether oxygens (including phenoxy) is 1. The van der Waals surface area contributed by atoms with Crippen molar-refractivity contribution in [2.24, 2.45) is 0 Å². The van der Waals surface area contributed by atoms with Crippen LogP contribution in [0.4, 0.5) is 5.69 Å². The number of benzene rings is 1. The summed E-state index contributed by atoms with van der Waals surface area (Å²) < 4.78 is 7.60. The van der Waals surface area contributed by atoms with E-state index in [1.807, 2.05) is 31.2 Å². The highest BCUT2D eigenvalue weighted by Crippen LogP contribution is 2.37. The molecule has 0 radical (unpaired) electrons. The summed E-state index contributed by atoms with van der Waals surface area (Å²) in [7, 11) is 1.64. The zero-order valence-electron chi connectivity index (χ0n) is 10.3. The second-order valence-electron chi connectivity index (χ2n) is 3.99. The first-order valence-corrected chi connectivity index (χ1v) is 7.92. The normalized spacial score (nSPS) is 12.3. The summed E-state index contributed by atoms with van der Waals surface area (Å²) in [4.78, 5) is 0. The van der Waals surface area contributed by atoms with Crippen molar-refractivity contribution in [1.82, 2.24) is 0 Å². The monoisotopic (exact) mass is 379 g/mol. The van der Waals surface area contributed by atoms with Gasteiger partial charge in [0.05, 0.1) is 26.3 Å². The first-order chi connectivity index (χ1) is 9.01. The fraction of sp³-hybridized carbons (Fsp3) is 0.231. The van der Waals surface area contributed by atoms with Crippen molar-refractivity contribution in [3.63, 3.8) is 0 Å². The first kappa shape index (κ1) is 15.0. The fourth-order valence-corrected chi connectivity index (χ4v) is 3.78. The number of hydrogen-bond acceptors (Lipinski definition) is 3. The number of methoxy groups -OCH3 is 1. The Morgan fingerprint density at radius 1 is 1.32 bits per heavy atom. The molecule has 19 heavy (non-hydrogen) atoms. The van der Waals surface area contributed by atoms with Gasteiger partial charge in [-0.25, -0.2) is 0 Å². The maximum atomic E-state index is 6.15. The molecular formula is C13H12BrCl2NOS. The standard InChI is InChI=1S/C13H12BrCl2NOS/c1-7(9-6-12(15)19-13(9)16)17-8-3-4-10(14)11(5-8)18-2/h3-7,17H,1-2H3. The Bertz CT molecular complexity index is 588. The van der Waals surface area contributed by atoms with Crippen molar-refractivity contribution in [3.05, 3.63) is 43.0 Å². The molecule has 0 aliphatic rings. The van der Waals surface area contributed by atoms with Crippen LogP contribution in [0.1, 0.15) is 18.5 Å². The van der Waals surface area contributed by atoms with Crippen LogP contribution in [0.15, 0.2) is 28.7 Å². The highest BCUT2D eigenvalue weighted by atomic mass is 79.9. The van der Waals surface area contributed by atoms with Crippen molar-refractivity contribution in [2.45, 2.75) is 13.0 Å². The summed E-state index contributed by atoms with van der Waals surface area (Å²) >= 11 is 16.9. The maximum absolute atomic E-state index is 6.15. The summed E-state index contributed by atoms with van der Waals surface area (Å²) in [6, 6.07) is 7.81. The van der Waals surface area contributed by atoms with Gasteiger partial charge in [0.2, 0.25) is 0 Å². The summed E-state index contributed by atoms with van der Waals surface area (Å²) in [6.45, 7) is 2.04. The third kappa shape index (κ3) is 3.57. The average molecular weight is 381 g/mol. The van der Waals surface area contributed by atoms with E-state index in [2.05, 4.69) is 21.2 Å². The van der Waals surface area contributed by atoms with Crippen LogP contribution < -0.4 is 10.1 Å². The third-order valence-corrected chi connectivity index (χ3v) is 4.86. The fourth-order valence-electron chi connectivity index (χ4n) is 1.73. The third-order valence-electron chi connectivity index (χ3n) is 2.68. The SMILES string of the molecule is COc1cc(NC(C)c2cc(Cl)sc2Cl)ccc1Br. The van der Waals surface area contributed by atoms with Gasteiger partial charge in [-0.1, -0.05) is 23.2 Å². The van der Waals surface area contributed by atoms with Crippen LogP contribution in [0.3, 0.4) is 0 Å². The molecule has 0 amide bonds. The molecule has 102 valence electrons. The minimum atomic E-state index is 0.0714. The Morgan fingerprint density at radius 3 is 2.63 bits per heavy atom. The number of nitrogens with one attached hydrogen (secondary N) is 1. The zero-order valence-corrected chi connectivity index (χ0v) is 14.3. The van der Waals surface area contributed by atoms with Gasteiger partial charge in [-0.15, -0.1) is 11.3 Å². The van der Waals surface area contributed by atoms with Crippen LogP contribution >= 0.6 is 50.5 Å². The molecule has 1 aromatic heterocycles. The summed E-state index contributed by atoms with van der Waals surface area (Å²) in [5, 5.41) is 3.38. The molecular weight excluding hydrogens is 369 g/mol. The van der Waals surface area contributed by atoms with E-state index in [1.54, 1.807) is 7.11 Å². The molecule has 1 aromatic carbocycles. The molecule has 0 saturated heterocycles. The maximum Gasteiger partial charge on any atom is 0.135 e. The molecule has 1 N–H and O–H groups in total. The molecule has 1 atom stereocenters. The largest absolute Gasteiger partial charge is 0.495 e. The lowest BCUT2D eigenvalue weighted by Gasteiger charge is -2.16. The lowest BCUT2D eigenvalue weighted by atomic mass is 10.1. The van der Waals surface area contributed by atoms with E-state index in [0.717, 1.165) is 21.5 Å². The van der Waals surface area contributed by atoms with Gasteiger partial charge < -0.3 is 10.1 Å². The molecule has 0 aliphatic carbocycles. The lowest BCUT2D eigenvalue weighted by Crippen LogP contribution is -2.06. The number of anilines is 1. The molecule has 1 unspecified atom stereocenters. The molecule has 0 bridgehead atoms. The molecule has 0 saturated carbocycles. The van der Waals surface area contributed by atoms with E-state index in [4.69, 9.17) is 27.9 Å². The second kappa shape index (κ2) is 6.35. The van der Waals surface area contributed by atoms with E-state index in [9.17, 15) is 0 Å². The molecule has 1 heterocycles. The Morgan fingerprint density at radius 2 is 2.05 bits per heavy atom. The molecule has 2 aromatic rings. The number of thiophene rings is 1. The van der Waals surface area contributed by atoms with Gasteiger partial charge >= 0.3 is 0 Å². The molecule has 6 heteroatoms. The number of rotatable bonds is 4. The summed E-state index contributed by atoms with van der Waals surface area (Å²) in [6.07, 6.45) is 0. The Kier molecular flexibility index (Phi) is 5.01. The molecule has 0 fully saturated rings. The van der Waals surface area contributed by atoms with Gasteiger partial charge in [0.15, 0.2) is 0 Å². The minimum absolute atomic E-state index is 0.0714. The van der Waals surface area contributed by atoms with Crippen molar-refractivity contribution in [2.75, 3.05) is 12.4 Å². The van der Waals surface area contributed by atoms with E-state index < -0.39 is 0 Å². The molecule has 0 aliphatic heterocycles. The van der Waals surface area contributed by atoms with Crippen LogP contribution in [-0.4, -0.2) is 7.11 Å². The number of hydrogen-bond donors (Lipinski definition) is 1. The number of halogens is 3. The van der Waals surface area contributed by atoms with E-state index in [-0.39, 0.29) is 6.04 Å². The van der Waals surface area contributed by atoms with Crippen molar-refractivity contribution >= 4 is 56.2 Å². The first-order valence-electron chi connectivity index (χ1n) is 5.56. The Hall–Kier alpha value is -0.420. The van der Waals surface area contributed by atoms with E-state index >= 15 is 0 Å². The molecule has 0 spiro atoms. The van der Waals surface area contributed by atoms with Crippen LogP contribution in [-0.2, 0) is 0 Å². The molecule has 2 rings (SSSR count). The van der Waals surface area contributed by atoms with Crippen LogP contribution in [0, 0.1) is 0 Å².